The second kappa shape index (κ2) is 8.49. The number of benzene rings is 1. The van der Waals surface area contributed by atoms with Gasteiger partial charge >= 0.3 is 0 Å². The molecule has 1 aromatic carbocycles. The van der Waals surface area contributed by atoms with Crippen molar-refractivity contribution >= 4 is 0 Å². The number of aliphatic hydroxyl groups is 1. The van der Waals surface area contributed by atoms with Crippen LogP contribution in [-0.2, 0) is 11.3 Å². The SMILES string of the molecule is COCCN(Cc1ccc(C)o1)CC(O)c1ccc(C#N)cc1. The van der Waals surface area contributed by atoms with Crippen LogP contribution in [0, 0.1) is 18.3 Å². The molecule has 1 aromatic heterocycles. The summed E-state index contributed by atoms with van der Waals surface area (Å²) in [5.41, 5.74) is 1.38. The Labute approximate surface area is 136 Å². The largest absolute Gasteiger partial charge is 0.465 e. The lowest BCUT2D eigenvalue weighted by atomic mass is 10.1. The molecule has 0 bridgehead atoms. The van der Waals surface area contributed by atoms with E-state index in [1.165, 1.54) is 0 Å². The fourth-order valence-electron chi connectivity index (χ4n) is 2.38. The van der Waals surface area contributed by atoms with Gasteiger partial charge in [-0.05, 0) is 36.8 Å². The third-order valence-corrected chi connectivity index (χ3v) is 3.64. The Morgan fingerprint density at radius 3 is 2.57 bits per heavy atom. The number of aryl methyl sites for hydroxylation is 1. The van der Waals surface area contributed by atoms with E-state index in [1.807, 2.05) is 19.1 Å². The molecule has 0 aliphatic rings. The fraction of sp³-hybridized carbons (Fsp3) is 0.389. The van der Waals surface area contributed by atoms with Gasteiger partial charge in [0.15, 0.2) is 0 Å². The van der Waals surface area contributed by atoms with Gasteiger partial charge in [0.05, 0.1) is 30.9 Å². The van der Waals surface area contributed by atoms with Crippen molar-refractivity contribution < 1.29 is 14.3 Å². The summed E-state index contributed by atoms with van der Waals surface area (Å²) < 4.78 is 10.8. The summed E-state index contributed by atoms with van der Waals surface area (Å²) in [4.78, 5) is 2.09. The molecular weight excluding hydrogens is 292 g/mol. The van der Waals surface area contributed by atoms with E-state index in [0.717, 1.165) is 17.1 Å². The molecular formula is C18H22N2O3. The molecule has 1 heterocycles. The van der Waals surface area contributed by atoms with Crippen LogP contribution in [0.15, 0.2) is 40.8 Å². The molecule has 23 heavy (non-hydrogen) atoms. The van der Waals surface area contributed by atoms with Crippen LogP contribution in [0.2, 0.25) is 0 Å². The van der Waals surface area contributed by atoms with Gasteiger partial charge in [-0.15, -0.1) is 0 Å². The maximum absolute atomic E-state index is 10.4. The molecule has 5 heteroatoms. The van der Waals surface area contributed by atoms with E-state index in [2.05, 4.69) is 11.0 Å². The lowest BCUT2D eigenvalue weighted by molar-refractivity contribution is 0.0810. The fourth-order valence-corrected chi connectivity index (χ4v) is 2.38. The zero-order valence-electron chi connectivity index (χ0n) is 13.5. The minimum Gasteiger partial charge on any atom is -0.465 e. The van der Waals surface area contributed by atoms with Gasteiger partial charge in [-0.2, -0.15) is 5.26 Å². The summed E-state index contributed by atoms with van der Waals surface area (Å²) in [6.07, 6.45) is -0.629. The molecule has 2 aromatic rings. The molecule has 0 spiro atoms. The van der Waals surface area contributed by atoms with E-state index in [-0.39, 0.29) is 0 Å². The minimum absolute atomic E-state index is 0.467. The highest BCUT2D eigenvalue weighted by Crippen LogP contribution is 2.17. The Hall–Kier alpha value is -2.13. The second-order valence-electron chi connectivity index (χ2n) is 5.49. The molecule has 0 radical (unpaired) electrons. The molecule has 5 nitrogen and oxygen atoms in total. The maximum Gasteiger partial charge on any atom is 0.118 e. The van der Waals surface area contributed by atoms with Crippen LogP contribution in [-0.4, -0.2) is 36.8 Å². The van der Waals surface area contributed by atoms with Gasteiger partial charge in [-0.3, -0.25) is 4.90 Å². The van der Waals surface area contributed by atoms with Crippen molar-refractivity contribution in [1.29, 1.82) is 5.26 Å². The molecule has 1 N–H and O–H groups in total. The van der Waals surface area contributed by atoms with Crippen LogP contribution in [0.4, 0.5) is 0 Å². The Balaban J connectivity index is 2.01. The molecule has 1 atom stereocenters. The summed E-state index contributed by atoms with van der Waals surface area (Å²) in [7, 11) is 1.66. The van der Waals surface area contributed by atoms with Crippen LogP contribution in [0.3, 0.4) is 0 Å². The number of nitriles is 1. The first-order valence-corrected chi connectivity index (χ1v) is 7.57. The molecule has 1 unspecified atom stereocenters. The number of rotatable bonds is 8. The van der Waals surface area contributed by atoms with Crippen molar-refractivity contribution in [3.8, 4) is 6.07 Å². The zero-order chi connectivity index (χ0) is 16.7. The number of methoxy groups -OCH3 is 1. The van der Waals surface area contributed by atoms with E-state index in [0.29, 0.717) is 31.8 Å². The molecule has 0 fully saturated rings. The predicted octanol–water partition coefficient (Wildman–Crippen LogP) is 2.64. The number of furan rings is 1. The molecule has 0 amide bonds. The quantitative estimate of drug-likeness (QED) is 0.811. The van der Waals surface area contributed by atoms with Crippen LogP contribution in [0.25, 0.3) is 0 Å². The Bertz CT molecular complexity index is 643. The monoisotopic (exact) mass is 314 g/mol. The second-order valence-corrected chi connectivity index (χ2v) is 5.49. The summed E-state index contributed by atoms with van der Waals surface area (Å²) in [5.74, 6) is 1.74. The van der Waals surface area contributed by atoms with Gasteiger partial charge in [0.2, 0.25) is 0 Å². The van der Waals surface area contributed by atoms with Gasteiger partial charge in [-0.1, -0.05) is 12.1 Å². The van der Waals surface area contributed by atoms with Crippen molar-refractivity contribution in [1.82, 2.24) is 4.90 Å². The van der Waals surface area contributed by atoms with Gasteiger partial charge in [-0.25, -0.2) is 0 Å². The molecule has 2 rings (SSSR count). The zero-order valence-corrected chi connectivity index (χ0v) is 13.5. The molecule has 0 saturated carbocycles. The van der Waals surface area contributed by atoms with Crippen molar-refractivity contribution in [3.05, 3.63) is 59.0 Å². The first kappa shape index (κ1) is 17.2. The minimum atomic E-state index is -0.629. The normalized spacial score (nSPS) is 12.3. The smallest absolute Gasteiger partial charge is 0.118 e. The topological polar surface area (TPSA) is 69.6 Å². The molecule has 0 aliphatic carbocycles. The standard InChI is InChI=1S/C18H22N2O3/c1-14-3-8-17(23-14)12-20(9-10-22-2)13-18(21)16-6-4-15(11-19)5-7-16/h3-8,18,21H,9-10,12-13H2,1-2H3. The van der Waals surface area contributed by atoms with Crippen LogP contribution < -0.4 is 0 Å². The summed E-state index contributed by atoms with van der Waals surface area (Å²) in [5, 5.41) is 19.3. The average molecular weight is 314 g/mol. The predicted molar refractivity (Wildman–Crippen MR) is 86.7 cm³/mol. The third-order valence-electron chi connectivity index (χ3n) is 3.64. The van der Waals surface area contributed by atoms with E-state index in [1.54, 1.807) is 31.4 Å². The van der Waals surface area contributed by atoms with Crippen molar-refractivity contribution in [3.63, 3.8) is 0 Å². The third kappa shape index (κ3) is 5.22. The Morgan fingerprint density at radius 2 is 2.00 bits per heavy atom. The highest BCUT2D eigenvalue weighted by molar-refractivity contribution is 5.32. The van der Waals surface area contributed by atoms with E-state index in [4.69, 9.17) is 14.4 Å². The van der Waals surface area contributed by atoms with E-state index < -0.39 is 6.10 Å². The van der Waals surface area contributed by atoms with E-state index in [9.17, 15) is 5.11 Å². The van der Waals surface area contributed by atoms with E-state index >= 15 is 0 Å². The summed E-state index contributed by atoms with van der Waals surface area (Å²) >= 11 is 0. The molecule has 0 saturated heterocycles. The molecule has 122 valence electrons. The number of hydrogen-bond donors (Lipinski definition) is 1. The van der Waals surface area contributed by atoms with Gasteiger partial charge < -0.3 is 14.3 Å². The highest BCUT2D eigenvalue weighted by Gasteiger charge is 2.15. The van der Waals surface area contributed by atoms with Crippen LogP contribution >= 0.6 is 0 Å². The highest BCUT2D eigenvalue weighted by atomic mass is 16.5. The van der Waals surface area contributed by atoms with Crippen molar-refractivity contribution in [2.75, 3.05) is 26.8 Å². The Kier molecular flexibility index (Phi) is 6.36. The van der Waals surface area contributed by atoms with Crippen LogP contribution in [0.5, 0.6) is 0 Å². The maximum atomic E-state index is 10.4. The van der Waals surface area contributed by atoms with Crippen LogP contribution in [0.1, 0.15) is 28.8 Å². The van der Waals surface area contributed by atoms with Gasteiger partial charge in [0.1, 0.15) is 11.5 Å². The number of aliphatic hydroxyl groups excluding tert-OH is 1. The lowest BCUT2D eigenvalue weighted by Crippen LogP contribution is -2.31. The summed E-state index contributed by atoms with van der Waals surface area (Å²) in [6, 6.07) is 13.0. The number of hydrogen-bond acceptors (Lipinski definition) is 5. The first-order chi connectivity index (χ1) is 11.1. The van der Waals surface area contributed by atoms with Gasteiger partial charge in [0.25, 0.3) is 0 Å². The van der Waals surface area contributed by atoms with Crippen molar-refractivity contribution in [2.45, 2.75) is 19.6 Å². The lowest BCUT2D eigenvalue weighted by Gasteiger charge is -2.24. The first-order valence-electron chi connectivity index (χ1n) is 7.57. The number of nitrogens with zero attached hydrogens (tertiary/aromatic N) is 2. The summed E-state index contributed by atoms with van der Waals surface area (Å²) in [6.45, 7) is 4.28. The van der Waals surface area contributed by atoms with Gasteiger partial charge in [0, 0.05) is 20.2 Å². The van der Waals surface area contributed by atoms with Crippen molar-refractivity contribution in [2.24, 2.45) is 0 Å². The Morgan fingerprint density at radius 1 is 1.26 bits per heavy atom. The number of ether oxygens (including phenoxy) is 1. The average Bonchev–Trinajstić information content (AvgIpc) is 2.97. The molecule has 0 aliphatic heterocycles.